The average molecular weight is 324 g/mol. The molecule has 0 amide bonds. The largest absolute Gasteiger partial charge is 0.391 e. The lowest BCUT2D eigenvalue weighted by molar-refractivity contribution is 0.145. The molecule has 8 nitrogen and oxygen atoms in total. The molecule has 0 radical (unpaired) electrons. The number of nitrogens with one attached hydrogen (secondary N) is 1. The molecule has 0 saturated carbocycles. The fraction of sp³-hybridized carbons (Fsp3) is 0.800. The Hall–Kier alpha value is -1.67. The normalized spacial score (nSPS) is 18.7. The summed E-state index contributed by atoms with van der Waals surface area (Å²) < 4.78 is 7.29. The Morgan fingerprint density at radius 3 is 2.91 bits per heavy atom. The molecule has 1 aromatic heterocycles. The van der Waals surface area contributed by atoms with Gasteiger partial charge < -0.3 is 24.6 Å². The van der Waals surface area contributed by atoms with Crippen molar-refractivity contribution in [1.29, 1.82) is 0 Å². The molecule has 1 aliphatic heterocycles. The summed E-state index contributed by atoms with van der Waals surface area (Å²) >= 11 is 0. The maximum absolute atomic E-state index is 9.75. The third kappa shape index (κ3) is 5.18. The molecule has 1 fully saturated rings. The maximum atomic E-state index is 9.75. The molecule has 2 rings (SSSR count). The molecule has 1 saturated heterocycles. The Bertz CT molecular complexity index is 516. The summed E-state index contributed by atoms with van der Waals surface area (Å²) in [6.07, 6.45) is 1.43. The van der Waals surface area contributed by atoms with Crippen molar-refractivity contribution in [2.75, 3.05) is 32.8 Å². The number of ether oxygens (including phenoxy) is 1. The Kier molecular flexibility index (Phi) is 6.79. The molecule has 0 unspecified atom stereocenters. The van der Waals surface area contributed by atoms with Crippen LogP contribution < -0.4 is 5.32 Å². The number of aliphatic imine (C=N–C) groups is 1. The molecular weight excluding hydrogens is 296 g/mol. The summed E-state index contributed by atoms with van der Waals surface area (Å²) in [7, 11) is 1.94. The highest BCUT2D eigenvalue weighted by Crippen LogP contribution is 2.09. The minimum absolute atomic E-state index is 0.275. The number of nitrogens with zero attached hydrogens (tertiary/aromatic N) is 5. The minimum atomic E-state index is -0.275. The van der Waals surface area contributed by atoms with Gasteiger partial charge in [-0.1, -0.05) is 0 Å². The molecule has 1 atom stereocenters. The fourth-order valence-corrected chi connectivity index (χ4v) is 2.45. The third-order valence-electron chi connectivity index (χ3n) is 3.97. The molecule has 1 aliphatic rings. The van der Waals surface area contributed by atoms with Gasteiger partial charge in [0.2, 0.25) is 0 Å². The van der Waals surface area contributed by atoms with Gasteiger partial charge in [-0.3, -0.25) is 0 Å². The second-order valence-electron chi connectivity index (χ2n) is 5.73. The number of aromatic nitrogens is 3. The van der Waals surface area contributed by atoms with Crippen molar-refractivity contribution >= 4 is 5.96 Å². The predicted molar refractivity (Wildman–Crippen MR) is 88.2 cm³/mol. The van der Waals surface area contributed by atoms with Crippen LogP contribution in [-0.4, -0.2) is 69.7 Å². The number of guanidine groups is 1. The zero-order valence-electron chi connectivity index (χ0n) is 14.3. The predicted octanol–water partition coefficient (Wildman–Crippen LogP) is 0.0623. The van der Waals surface area contributed by atoms with Gasteiger partial charge in [0.25, 0.3) is 0 Å². The first-order valence-electron chi connectivity index (χ1n) is 8.25. The van der Waals surface area contributed by atoms with Gasteiger partial charge in [0, 0.05) is 39.9 Å². The molecule has 1 aromatic rings. The van der Waals surface area contributed by atoms with E-state index >= 15 is 0 Å². The summed E-state index contributed by atoms with van der Waals surface area (Å²) in [4.78, 5) is 6.75. The highest BCUT2D eigenvalue weighted by Gasteiger charge is 2.23. The zero-order valence-corrected chi connectivity index (χ0v) is 14.3. The van der Waals surface area contributed by atoms with Crippen LogP contribution in [0.15, 0.2) is 4.99 Å². The van der Waals surface area contributed by atoms with Gasteiger partial charge in [-0.25, -0.2) is 4.99 Å². The van der Waals surface area contributed by atoms with Crippen LogP contribution in [0.1, 0.15) is 31.4 Å². The molecule has 2 heterocycles. The van der Waals surface area contributed by atoms with Crippen molar-refractivity contribution in [3.63, 3.8) is 0 Å². The van der Waals surface area contributed by atoms with E-state index in [4.69, 9.17) is 4.74 Å². The van der Waals surface area contributed by atoms with Gasteiger partial charge in [-0.2, -0.15) is 0 Å². The van der Waals surface area contributed by atoms with Crippen LogP contribution in [0, 0.1) is 6.92 Å². The van der Waals surface area contributed by atoms with E-state index in [1.165, 1.54) is 0 Å². The lowest BCUT2D eigenvalue weighted by Gasteiger charge is -2.21. The van der Waals surface area contributed by atoms with E-state index in [0.717, 1.165) is 56.8 Å². The van der Waals surface area contributed by atoms with E-state index < -0.39 is 0 Å². The number of likely N-dealkylation sites (tertiary alicyclic amines) is 1. The van der Waals surface area contributed by atoms with Crippen LogP contribution in [0.3, 0.4) is 0 Å². The number of aryl methyl sites for hydroxylation is 1. The third-order valence-corrected chi connectivity index (χ3v) is 3.97. The van der Waals surface area contributed by atoms with Crippen molar-refractivity contribution in [2.24, 2.45) is 12.0 Å². The van der Waals surface area contributed by atoms with E-state index in [1.807, 2.05) is 25.5 Å². The summed E-state index contributed by atoms with van der Waals surface area (Å²) in [5, 5.41) is 21.3. The van der Waals surface area contributed by atoms with Gasteiger partial charge in [-0.05, 0) is 26.7 Å². The molecule has 0 spiro atoms. The fourth-order valence-electron chi connectivity index (χ4n) is 2.45. The minimum Gasteiger partial charge on any atom is -0.391 e. The van der Waals surface area contributed by atoms with Gasteiger partial charge in [0.05, 0.1) is 6.10 Å². The summed E-state index contributed by atoms with van der Waals surface area (Å²) in [5.74, 6) is 2.52. The van der Waals surface area contributed by atoms with Crippen molar-refractivity contribution < 1.29 is 9.84 Å². The number of aliphatic hydroxyl groups excluding tert-OH is 1. The van der Waals surface area contributed by atoms with Crippen molar-refractivity contribution in [3.05, 3.63) is 11.6 Å². The maximum Gasteiger partial charge on any atom is 0.194 e. The molecule has 23 heavy (non-hydrogen) atoms. The van der Waals surface area contributed by atoms with E-state index in [0.29, 0.717) is 13.1 Å². The van der Waals surface area contributed by atoms with Gasteiger partial charge in [0.15, 0.2) is 11.8 Å². The number of hydrogen-bond donors (Lipinski definition) is 2. The van der Waals surface area contributed by atoms with Crippen molar-refractivity contribution in [2.45, 2.75) is 39.3 Å². The summed E-state index contributed by atoms with van der Waals surface area (Å²) in [6.45, 7) is 8.10. The quantitative estimate of drug-likeness (QED) is 0.419. The van der Waals surface area contributed by atoms with Gasteiger partial charge in [0.1, 0.15) is 12.4 Å². The first-order chi connectivity index (χ1) is 11.1. The molecule has 0 aliphatic carbocycles. The van der Waals surface area contributed by atoms with E-state index in [9.17, 15) is 5.11 Å². The summed E-state index contributed by atoms with van der Waals surface area (Å²) in [6, 6.07) is 0. The Labute approximate surface area is 137 Å². The standard InChI is InChI=1S/C15H28N6O2/c1-4-23-9-5-7-16-15(21-8-6-13(22)11-21)17-10-14-19-18-12(2)20(14)3/h13,22H,4-11H2,1-3H3,(H,16,17)/t13-/m1/s1. The number of β-amino-alcohol motifs (C(OH)–C–C–N with tert-alkyl or cyclic N) is 1. The van der Waals surface area contributed by atoms with Crippen LogP contribution in [0.25, 0.3) is 0 Å². The average Bonchev–Trinajstić information content (AvgIpc) is 3.10. The summed E-state index contributed by atoms with van der Waals surface area (Å²) in [5.41, 5.74) is 0. The van der Waals surface area contributed by atoms with Gasteiger partial charge >= 0.3 is 0 Å². The van der Waals surface area contributed by atoms with E-state index in [-0.39, 0.29) is 6.10 Å². The molecule has 0 bridgehead atoms. The molecule has 0 aromatic carbocycles. The van der Waals surface area contributed by atoms with Crippen molar-refractivity contribution in [3.8, 4) is 0 Å². The SMILES string of the molecule is CCOCCCNC(=NCc1nnc(C)n1C)N1CC[C@@H](O)C1. The number of hydrogen-bond acceptors (Lipinski definition) is 5. The topological polar surface area (TPSA) is 87.8 Å². The van der Waals surface area contributed by atoms with Crippen LogP contribution in [0.4, 0.5) is 0 Å². The molecule has 2 N–H and O–H groups in total. The molecule has 8 heteroatoms. The first kappa shape index (κ1) is 17.7. The van der Waals surface area contributed by atoms with Crippen LogP contribution >= 0.6 is 0 Å². The van der Waals surface area contributed by atoms with Gasteiger partial charge in [-0.15, -0.1) is 10.2 Å². The number of rotatable bonds is 7. The van der Waals surface area contributed by atoms with Crippen LogP contribution in [0.5, 0.6) is 0 Å². The van der Waals surface area contributed by atoms with E-state index in [1.54, 1.807) is 0 Å². The number of aliphatic hydroxyl groups is 1. The van der Waals surface area contributed by atoms with E-state index in [2.05, 4.69) is 25.4 Å². The second-order valence-corrected chi connectivity index (χ2v) is 5.73. The zero-order chi connectivity index (χ0) is 16.7. The Morgan fingerprint density at radius 1 is 1.48 bits per heavy atom. The highest BCUT2D eigenvalue weighted by atomic mass is 16.5. The highest BCUT2D eigenvalue weighted by molar-refractivity contribution is 5.80. The monoisotopic (exact) mass is 324 g/mol. The second kappa shape index (κ2) is 8.83. The first-order valence-corrected chi connectivity index (χ1v) is 8.25. The smallest absolute Gasteiger partial charge is 0.194 e. The van der Waals surface area contributed by atoms with Crippen LogP contribution in [-0.2, 0) is 18.3 Å². The van der Waals surface area contributed by atoms with Crippen LogP contribution in [0.2, 0.25) is 0 Å². The molecule has 130 valence electrons. The lowest BCUT2D eigenvalue weighted by atomic mass is 10.3. The molecular formula is C15H28N6O2. The lowest BCUT2D eigenvalue weighted by Crippen LogP contribution is -2.41. The Balaban J connectivity index is 1.94. The van der Waals surface area contributed by atoms with Crippen molar-refractivity contribution in [1.82, 2.24) is 25.0 Å². The Morgan fingerprint density at radius 2 is 2.30 bits per heavy atom.